The van der Waals surface area contributed by atoms with Crippen LogP contribution < -0.4 is 0 Å². The first kappa shape index (κ1) is 14.2. The molecule has 0 aliphatic carbocycles. The predicted octanol–water partition coefficient (Wildman–Crippen LogP) is -0.0681. The molecule has 0 atom stereocenters. The van der Waals surface area contributed by atoms with Crippen molar-refractivity contribution in [2.45, 2.75) is 12.8 Å². The molecule has 0 aliphatic rings. The second kappa shape index (κ2) is 8.77. The fraction of sp³-hybridized carbons (Fsp3) is 0.429. The Balaban J connectivity index is 0. The molecule has 64 valence electrons. The van der Waals surface area contributed by atoms with Gasteiger partial charge < -0.3 is 9.84 Å². The van der Waals surface area contributed by atoms with Gasteiger partial charge in [0.25, 0.3) is 0 Å². The number of hydrogen-bond donors (Lipinski definition) is 1. The third kappa shape index (κ3) is 9.68. The van der Waals surface area contributed by atoms with E-state index in [9.17, 15) is 9.59 Å². The van der Waals surface area contributed by atoms with Gasteiger partial charge in [0.05, 0.1) is 12.8 Å². The zero-order chi connectivity index (χ0) is 8.69. The Hall–Kier alpha value is -0.320. The summed E-state index contributed by atoms with van der Waals surface area (Å²) in [6.07, 6.45) is 1.16. The topological polar surface area (TPSA) is 63.6 Å². The van der Waals surface area contributed by atoms with Crippen molar-refractivity contribution in [3.05, 3.63) is 12.7 Å². The molecular weight excluding hydrogens is 171 g/mol. The summed E-state index contributed by atoms with van der Waals surface area (Å²) in [7, 11) is 0. The average Bonchev–Trinajstić information content (AvgIpc) is 1.97. The molecule has 0 radical (unpaired) electrons. The van der Waals surface area contributed by atoms with E-state index in [4.69, 9.17) is 5.11 Å². The normalized spacial score (nSPS) is 8.00. The number of ether oxygens (including phenoxy) is 1. The molecule has 0 aromatic heterocycles. The predicted molar refractivity (Wildman–Crippen MR) is 45.2 cm³/mol. The van der Waals surface area contributed by atoms with E-state index >= 15 is 0 Å². The first-order valence-corrected chi connectivity index (χ1v) is 3.15. The van der Waals surface area contributed by atoms with Crippen molar-refractivity contribution in [2.24, 2.45) is 0 Å². The third-order valence-electron chi connectivity index (χ3n) is 0.905. The molecule has 0 aliphatic heterocycles. The number of hydrogen-bond acceptors (Lipinski definition) is 3. The van der Waals surface area contributed by atoms with Gasteiger partial charge in [0, 0.05) is 0 Å². The van der Waals surface area contributed by atoms with E-state index in [0.29, 0.717) is 0 Å². The minimum absolute atomic E-state index is 0. The van der Waals surface area contributed by atoms with Gasteiger partial charge >= 0.3 is 41.5 Å². The fourth-order valence-corrected chi connectivity index (χ4v) is 0.433. The van der Waals surface area contributed by atoms with Gasteiger partial charge in [-0.25, -0.2) is 0 Å². The van der Waals surface area contributed by atoms with E-state index in [-0.39, 0.29) is 49.0 Å². The zero-order valence-electron chi connectivity index (χ0n) is 6.08. The van der Waals surface area contributed by atoms with Gasteiger partial charge in [-0.1, -0.05) is 12.7 Å². The van der Waals surface area contributed by atoms with Crippen LogP contribution in [0.2, 0.25) is 0 Å². The summed E-state index contributed by atoms with van der Waals surface area (Å²) in [5.41, 5.74) is 0. The Morgan fingerprint density at radius 3 is 2.42 bits per heavy atom. The van der Waals surface area contributed by atoms with Gasteiger partial charge in [-0.05, 0) is 0 Å². The molecule has 0 spiro atoms. The third-order valence-corrected chi connectivity index (χ3v) is 0.905. The van der Waals surface area contributed by atoms with E-state index in [1.807, 2.05) is 0 Å². The number of carbonyl (C=O) groups is 2. The van der Waals surface area contributed by atoms with Crippen LogP contribution in [0.4, 0.5) is 0 Å². The molecule has 0 saturated carbocycles. The van der Waals surface area contributed by atoms with Gasteiger partial charge in [-0.3, -0.25) is 9.59 Å². The van der Waals surface area contributed by atoms with Gasteiger partial charge in [0.15, 0.2) is 0 Å². The summed E-state index contributed by atoms with van der Waals surface area (Å²) >= 11 is 0. The zero-order valence-corrected chi connectivity index (χ0v) is 6.08. The number of carboxylic acids is 1. The second-order valence-electron chi connectivity index (χ2n) is 1.87. The number of rotatable bonds is 5. The molecule has 0 amide bonds. The SMILES string of the molecule is C=CCOC(=O)CCC(=O)O.[NaH]. The summed E-state index contributed by atoms with van der Waals surface area (Å²) in [5, 5.41) is 8.16. The maximum absolute atomic E-state index is 10.6. The molecule has 0 bridgehead atoms. The van der Waals surface area contributed by atoms with Crippen molar-refractivity contribution < 1.29 is 19.4 Å². The fourth-order valence-electron chi connectivity index (χ4n) is 0.433. The Bertz CT molecular complexity index is 167. The Morgan fingerprint density at radius 2 is 2.00 bits per heavy atom. The van der Waals surface area contributed by atoms with Crippen LogP contribution in [-0.2, 0) is 14.3 Å². The minimum atomic E-state index is -0.999. The molecule has 0 unspecified atom stereocenters. The van der Waals surface area contributed by atoms with E-state index in [1.54, 1.807) is 0 Å². The molecule has 0 rings (SSSR count). The molecule has 12 heavy (non-hydrogen) atoms. The van der Waals surface area contributed by atoms with Gasteiger partial charge in [0.1, 0.15) is 6.61 Å². The van der Waals surface area contributed by atoms with Crippen molar-refractivity contribution >= 4 is 41.5 Å². The molecule has 0 fully saturated rings. The quantitative estimate of drug-likeness (QED) is 0.367. The van der Waals surface area contributed by atoms with Crippen LogP contribution in [0.15, 0.2) is 12.7 Å². The van der Waals surface area contributed by atoms with Crippen LogP contribution in [0.5, 0.6) is 0 Å². The van der Waals surface area contributed by atoms with Crippen LogP contribution in [0.1, 0.15) is 12.8 Å². The standard InChI is InChI=1S/C7H10O4.Na.H/c1-2-5-11-7(10)4-3-6(8)9;;/h2H,1,3-5H2,(H,8,9);;. The van der Waals surface area contributed by atoms with Crippen molar-refractivity contribution in [3.8, 4) is 0 Å². The first-order valence-electron chi connectivity index (χ1n) is 3.15. The van der Waals surface area contributed by atoms with Crippen LogP contribution in [-0.4, -0.2) is 53.2 Å². The first-order chi connectivity index (χ1) is 5.16. The van der Waals surface area contributed by atoms with Crippen LogP contribution in [0.3, 0.4) is 0 Å². The van der Waals surface area contributed by atoms with E-state index in [0.717, 1.165) is 0 Å². The molecule has 1 N–H and O–H groups in total. The molecule has 0 aromatic rings. The summed E-state index contributed by atoms with van der Waals surface area (Å²) in [5.74, 6) is -1.51. The van der Waals surface area contributed by atoms with Gasteiger partial charge in [0.2, 0.25) is 0 Å². The number of esters is 1. The van der Waals surface area contributed by atoms with Crippen molar-refractivity contribution in [2.75, 3.05) is 6.61 Å². The molecule has 0 aromatic carbocycles. The van der Waals surface area contributed by atoms with Gasteiger partial charge in [-0.15, -0.1) is 0 Å². The molecule has 5 heteroatoms. The number of carboxylic acid groups (broad SMARTS) is 1. The van der Waals surface area contributed by atoms with Gasteiger partial charge in [-0.2, -0.15) is 0 Å². The van der Waals surface area contributed by atoms with E-state index < -0.39 is 11.9 Å². The molecular formula is C7H11NaO4. The van der Waals surface area contributed by atoms with Crippen LogP contribution in [0, 0.1) is 0 Å². The summed E-state index contributed by atoms with van der Waals surface area (Å²) in [6.45, 7) is 3.47. The molecule has 0 saturated heterocycles. The Labute approximate surface area is 92.9 Å². The second-order valence-corrected chi connectivity index (χ2v) is 1.87. The number of aliphatic carboxylic acids is 1. The Morgan fingerprint density at radius 1 is 1.42 bits per heavy atom. The summed E-state index contributed by atoms with van der Waals surface area (Å²) < 4.78 is 4.52. The van der Waals surface area contributed by atoms with E-state index in [2.05, 4.69) is 11.3 Å². The van der Waals surface area contributed by atoms with Crippen molar-refractivity contribution in [3.63, 3.8) is 0 Å². The average molecular weight is 182 g/mol. The van der Waals surface area contributed by atoms with E-state index in [1.165, 1.54) is 6.08 Å². The molecule has 4 nitrogen and oxygen atoms in total. The monoisotopic (exact) mass is 182 g/mol. The maximum atomic E-state index is 10.6. The number of carbonyl (C=O) groups excluding carboxylic acids is 1. The Kier molecular flexibility index (Phi) is 10.4. The molecule has 0 heterocycles. The van der Waals surface area contributed by atoms with Crippen molar-refractivity contribution in [1.29, 1.82) is 0 Å². The summed E-state index contributed by atoms with van der Waals surface area (Å²) in [6, 6.07) is 0. The van der Waals surface area contributed by atoms with Crippen LogP contribution >= 0.6 is 0 Å². The van der Waals surface area contributed by atoms with Crippen molar-refractivity contribution in [1.82, 2.24) is 0 Å². The summed E-state index contributed by atoms with van der Waals surface area (Å²) in [4.78, 5) is 20.5. The van der Waals surface area contributed by atoms with Crippen LogP contribution in [0.25, 0.3) is 0 Å².